The van der Waals surface area contributed by atoms with Crippen molar-refractivity contribution in [3.05, 3.63) is 57.1 Å². The second-order valence-electron chi connectivity index (χ2n) is 5.03. The normalized spacial score (nSPS) is 10.4. The molecule has 0 unspecified atom stereocenters. The number of halogens is 1. The molecule has 0 saturated carbocycles. The molecule has 3 aromatic rings. The molecule has 0 radical (unpaired) electrons. The predicted octanol–water partition coefficient (Wildman–Crippen LogP) is 4.25. The first kappa shape index (κ1) is 17.6. The Labute approximate surface area is 157 Å². The summed E-state index contributed by atoms with van der Waals surface area (Å²) in [7, 11) is 0. The van der Waals surface area contributed by atoms with Crippen LogP contribution >= 0.6 is 34.3 Å². The molecule has 2 aromatic heterocycles. The van der Waals surface area contributed by atoms with Gasteiger partial charge in [-0.1, -0.05) is 29.8 Å². The van der Waals surface area contributed by atoms with Crippen LogP contribution in [0.1, 0.15) is 5.56 Å². The third-order valence-electron chi connectivity index (χ3n) is 3.19. The number of rotatable bonds is 6. The van der Waals surface area contributed by atoms with Crippen LogP contribution in [0.3, 0.4) is 0 Å². The Bertz CT molecular complexity index is 878. The molecule has 0 saturated heterocycles. The molecule has 0 bridgehead atoms. The van der Waals surface area contributed by atoms with Gasteiger partial charge in [-0.2, -0.15) is 11.3 Å². The topological polar surface area (TPSA) is 68.3 Å². The van der Waals surface area contributed by atoms with Crippen LogP contribution in [0.5, 0.6) is 0 Å². The molecule has 1 N–H and O–H groups in total. The number of anilines is 1. The van der Waals surface area contributed by atoms with Crippen LogP contribution in [-0.4, -0.2) is 23.5 Å². The van der Waals surface area contributed by atoms with Gasteiger partial charge < -0.3 is 4.74 Å². The van der Waals surface area contributed by atoms with E-state index in [1.165, 1.54) is 22.7 Å². The number of amides is 1. The molecule has 0 aliphatic heterocycles. The first-order valence-electron chi connectivity index (χ1n) is 7.29. The number of thiazole rings is 1. The van der Waals surface area contributed by atoms with Crippen molar-refractivity contribution in [1.82, 2.24) is 4.98 Å². The maximum Gasteiger partial charge on any atom is 0.310 e. The number of ether oxygens (including phenoxy) is 1. The van der Waals surface area contributed by atoms with Crippen molar-refractivity contribution in [3.63, 3.8) is 0 Å². The number of carbonyl (C=O) groups is 2. The van der Waals surface area contributed by atoms with E-state index in [0.717, 1.165) is 11.1 Å². The van der Waals surface area contributed by atoms with Crippen LogP contribution in [0, 0.1) is 0 Å². The van der Waals surface area contributed by atoms with E-state index in [4.69, 9.17) is 16.3 Å². The van der Waals surface area contributed by atoms with Gasteiger partial charge in [-0.25, -0.2) is 4.98 Å². The second kappa shape index (κ2) is 8.24. The fourth-order valence-corrected chi connectivity index (χ4v) is 3.66. The first-order valence-corrected chi connectivity index (χ1v) is 9.49. The van der Waals surface area contributed by atoms with E-state index in [0.29, 0.717) is 15.8 Å². The highest BCUT2D eigenvalue weighted by atomic mass is 35.5. The third kappa shape index (κ3) is 4.88. The molecule has 0 atom stereocenters. The van der Waals surface area contributed by atoms with Crippen molar-refractivity contribution in [1.29, 1.82) is 0 Å². The van der Waals surface area contributed by atoms with Gasteiger partial charge in [0.1, 0.15) is 0 Å². The zero-order valence-corrected chi connectivity index (χ0v) is 15.3. The smallest absolute Gasteiger partial charge is 0.310 e. The van der Waals surface area contributed by atoms with Gasteiger partial charge in [0.15, 0.2) is 11.7 Å². The highest BCUT2D eigenvalue weighted by molar-refractivity contribution is 7.14. The second-order valence-corrected chi connectivity index (χ2v) is 7.08. The van der Waals surface area contributed by atoms with E-state index in [-0.39, 0.29) is 13.0 Å². The summed E-state index contributed by atoms with van der Waals surface area (Å²) in [5.74, 6) is -0.872. The van der Waals surface area contributed by atoms with Crippen molar-refractivity contribution >= 4 is 51.3 Å². The zero-order valence-electron chi connectivity index (χ0n) is 12.9. The fourth-order valence-electron chi connectivity index (χ4n) is 2.04. The summed E-state index contributed by atoms with van der Waals surface area (Å²) < 4.78 is 4.97. The Kier molecular flexibility index (Phi) is 5.80. The van der Waals surface area contributed by atoms with Crippen LogP contribution in [0.15, 0.2) is 46.5 Å². The third-order valence-corrected chi connectivity index (χ3v) is 5.01. The van der Waals surface area contributed by atoms with Crippen molar-refractivity contribution in [2.45, 2.75) is 6.42 Å². The number of hydrogen-bond acceptors (Lipinski definition) is 6. The summed E-state index contributed by atoms with van der Waals surface area (Å²) in [6.07, 6.45) is 0.157. The molecule has 0 aliphatic rings. The number of nitrogens with one attached hydrogen (secondary N) is 1. The van der Waals surface area contributed by atoms with Crippen molar-refractivity contribution in [3.8, 4) is 11.3 Å². The lowest BCUT2D eigenvalue weighted by Gasteiger charge is -2.04. The van der Waals surface area contributed by atoms with Crippen LogP contribution in [0.25, 0.3) is 11.3 Å². The number of esters is 1. The van der Waals surface area contributed by atoms with Crippen LogP contribution in [-0.2, 0) is 20.7 Å². The minimum atomic E-state index is -0.440. The molecule has 5 nitrogen and oxygen atoms in total. The molecule has 128 valence electrons. The molecule has 2 heterocycles. The molecular formula is C17H13ClN2O3S2. The number of hydrogen-bond donors (Lipinski definition) is 1. The maximum absolute atomic E-state index is 11.9. The van der Waals surface area contributed by atoms with Crippen LogP contribution < -0.4 is 5.32 Å². The average molecular weight is 393 g/mol. The van der Waals surface area contributed by atoms with E-state index in [9.17, 15) is 9.59 Å². The van der Waals surface area contributed by atoms with Crippen molar-refractivity contribution in [2.24, 2.45) is 0 Å². The maximum atomic E-state index is 11.9. The highest BCUT2D eigenvalue weighted by Crippen LogP contribution is 2.30. The summed E-state index contributed by atoms with van der Waals surface area (Å²) >= 11 is 8.92. The van der Waals surface area contributed by atoms with Crippen molar-refractivity contribution < 1.29 is 14.3 Å². The SMILES string of the molecule is O=C(COC(=O)Cc1ccsc1)Nc1nc(-c2ccccc2Cl)cs1. The molecule has 0 spiro atoms. The molecule has 8 heteroatoms. The summed E-state index contributed by atoms with van der Waals surface area (Å²) in [5.41, 5.74) is 2.35. The van der Waals surface area contributed by atoms with E-state index < -0.39 is 11.9 Å². The molecule has 0 fully saturated rings. The molecule has 1 aromatic carbocycles. The van der Waals surface area contributed by atoms with Gasteiger partial charge in [-0.05, 0) is 28.5 Å². The van der Waals surface area contributed by atoms with Gasteiger partial charge in [0, 0.05) is 16.0 Å². The Balaban J connectivity index is 1.52. The van der Waals surface area contributed by atoms with Gasteiger partial charge in [0.25, 0.3) is 5.91 Å². The van der Waals surface area contributed by atoms with Gasteiger partial charge >= 0.3 is 5.97 Å². The van der Waals surface area contributed by atoms with E-state index >= 15 is 0 Å². The van der Waals surface area contributed by atoms with Crippen LogP contribution in [0.4, 0.5) is 5.13 Å². The molecular weight excluding hydrogens is 380 g/mol. The van der Waals surface area contributed by atoms with Gasteiger partial charge in [0.2, 0.25) is 0 Å². The Morgan fingerprint density at radius 2 is 2.04 bits per heavy atom. The standard InChI is InChI=1S/C17H13ClN2O3S2/c18-13-4-2-1-3-12(13)14-10-25-17(19-14)20-15(21)8-23-16(22)7-11-5-6-24-9-11/h1-6,9-10H,7-8H2,(H,19,20,21). The summed E-state index contributed by atoms with van der Waals surface area (Å²) in [6.45, 7) is -0.343. The van der Waals surface area contributed by atoms with Crippen LogP contribution in [0.2, 0.25) is 5.02 Å². The summed E-state index contributed by atoms with van der Waals surface area (Å²) in [4.78, 5) is 27.9. The quantitative estimate of drug-likeness (QED) is 0.637. The monoisotopic (exact) mass is 392 g/mol. The van der Waals surface area contributed by atoms with Gasteiger partial charge in [0.05, 0.1) is 12.1 Å². The largest absolute Gasteiger partial charge is 0.455 e. The number of nitrogens with zero attached hydrogens (tertiary/aromatic N) is 1. The average Bonchev–Trinajstić information content (AvgIpc) is 3.25. The van der Waals surface area contributed by atoms with E-state index in [1.54, 1.807) is 11.4 Å². The molecule has 3 rings (SSSR count). The highest BCUT2D eigenvalue weighted by Gasteiger charge is 2.12. The Morgan fingerprint density at radius 1 is 1.20 bits per heavy atom. The number of aromatic nitrogens is 1. The Hall–Kier alpha value is -2.22. The van der Waals surface area contributed by atoms with Crippen molar-refractivity contribution in [2.75, 3.05) is 11.9 Å². The molecule has 1 amide bonds. The molecule has 0 aliphatic carbocycles. The number of benzene rings is 1. The first-order chi connectivity index (χ1) is 12.1. The van der Waals surface area contributed by atoms with E-state index in [2.05, 4.69) is 10.3 Å². The van der Waals surface area contributed by atoms with Gasteiger partial charge in [-0.15, -0.1) is 11.3 Å². The summed E-state index contributed by atoms with van der Waals surface area (Å²) in [5, 5.41) is 9.19. The number of thiophene rings is 1. The van der Waals surface area contributed by atoms with Gasteiger partial charge in [-0.3, -0.25) is 14.9 Å². The minimum absolute atomic E-state index is 0.157. The lowest BCUT2D eigenvalue weighted by atomic mass is 10.2. The Morgan fingerprint density at radius 3 is 2.80 bits per heavy atom. The minimum Gasteiger partial charge on any atom is -0.455 e. The lowest BCUT2D eigenvalue weighted by molar-refractivity contribution is -0.146. The number of carbonyl (C=O) groups excluding carboxylic acids is 2. The summed E-state index contributed by atoms with van der Waals surface area (Å²) in [6, 6.07) is 9.19. The zero-order chi connectivity index (χ0) is 17.6. The van der Waals surface area contributed by atoms with E-state index in [1.807, 2.05) is 35.0 Å². The predicted molar refractivity (Wildman–Crippen MR) is 100 cm³/mol. The fraction of sp³-hybridized carbons (Fsp3) is 0.118. The lowest BCUT2D eigenvalue weighted by Crippen LogP contribution is -2.21. The molecule has 25 heavy (non-hydrogen) atoms.